The van der Waals surface area contributed by atoms with Gasteiger partial charge in [-0.05, 0) is 67.3 Å². The van der Waals surface area contributed by atoms with Crippen molar-refractivity contribution in [2.75, 3.05) is 60.0 Å². The minimum absolute atomic E-state index is 0.0858. The second-order valence-corrected chi connectivity index (χ2v) is 14.8. The van der Waals surface area contributed by atoms with Gasteiger partial charge in [0.15, 0.2) is 0 Å². The fourth-order valence-electron chi connectivity index (χ4n) is 8.10. The van der Waals surface area contributed by atoms with Crippen molar-refractivity contribution in [3.05, 3.63) is 87.0 Å². The molecule has 0 saturated carbocycles. The second kappa shape index (κ2) is 17.2. The van der Waals surface area contributed by atoms with Crippen molar-refractivity contribution in [2.24, 2.45) is 7.05 Å². The number of hydrogen-bond acceptors (Lipinski definition) is 10. The molecule has 0 radical (unpaired) electrons. The molecule has 1 aromatic carbocycles. The van der Waals surface area contributed by atoms with Gasteiger partial charge in [-0.1, -0.05) is 6.07 Å². The van der Waals surface area contributed by atoms with E-state index < -0.39 is 6.03 Å². The summed E-state index contributed by atoms with van der Waals surface area (Å²) in [5.74, 6) is 1.24. The molecule has 0 atom stereocenters. The summed E-state index contributed by atoms with van der Waals surface area (Å²) < 4.78 is 21.7. The molecular weight excluding hydrogens is 702 g/mol. The second-order valence-electron chi connectivity index (χ2n) is 14.8. The van der Waals surface area contributed by atoms with Crippen LogP contribution >= 0.6 is 0 Å². The van der Waals surface area contributed by atoms with Crippen LogP contribution in [0.5, 0.6) is 11.5 Å². The fourth-order valence-corrected chi connectivity index (χ4v) is 8.10. The lowest BCUT2D eigenvalue weighted by Crippen LogP contribution is -2.49. The van der Waals surface area contributed by atoms with Crippen molar-refractivity contribution in [2.45, 2.75) is 63.8 Å². The first-order valence-corrected chi connectivity index (χ1v) is 19.3. The number of benzene rings is 1. The average molecular weight is 754 g/mol. The zero-order chi connectivity index (χ0) is 38.5. The Hall–Kier alpha value is -5.05. The summed E-state index contributed by atoms with van der Waals surface area (Å²) in [4.78, 5) is 60.1. The van der Waals surface area contributed by atoms with Crippen LogP contribution in [0.4, 0.5) is 4.79 Å². The number of rotatable bonds is 13. The highest BCUT2D eigenvalue weighted by atomic mass is 16.5. The largest absolute Gasteiger partial charge is 0.496 e. The van der Waals surface area contributed by atoms with Crippen LogP contribution in [0.3, 0.4) is 0 Å². The number of amides is 3. The molecule has 3 aromatic heterocycles. The Balaban J connectivity index is 0.865. The third-order valence-corrected chi connectivity index (χ3v) is 11.3. The number of likely N-dealkylation sites (tertiary alicyclic amines) is 2. The van der Waals surface area contributed by atoms with Crippen molar-refractivity contribution < 1.29 is 23.8 Å². The summed E-state index contributed by atoms with van der Waals surface area (Å²) >= 11 is 0. The maximum Gasteiger partial charge on any atom is 0.324 e. The summed E-state index contributed by atoms with van der Waals surface area (Å²) in [5, 5.41) is 3.72. The quantitative estimate of drug-likeness (QED) is 0.216. The summed E-state index contributed by atoms with van der Waals surface area (Å²) in [5.41, 5.74) is 3.21. The average Bonchev–Trinajstić information content (AvgIpc) is 3.20. The highest BCUT2D eigenvalue weighted by molar-refractivity contribution is 5.97. The van der Waals surface area contributed by atoms with E-state index in [9.17, 15) is 19.2 Å². The predicted molar refractivity (Wildman–Crippen MR) is 209 cm³/mol. The number of nitrogens with zero attached hydrogens (tertiary/aromatic N) is 6. The van der Waals surface area contributed by atoms with Crippen LogP contribution in [0.15, 0.2) is 64.7 Å². The number of urea groups is 1. The van der Waals surface area contributed by atoms with Gasteiger partial charge in [0, 0.05) is 107 Å². The maximum absolute atomic E-state index is 13.1. The summed E-state index contributed by atoms with van der Waals surface area (Å²) in [7, 11) is 5.12. The number of hydrogen-bond donors (Lipinski definition) is 1. The molecule has 6 heterocycles. The summed E-state index contributed by atoms with van der Waals surface area (Å²) in [6, 6.07) is 9.09. The van der Waals surface area contributed by atoms with E-state index in [0.717, 1.165) is 105 Å². The number of carbonyl (C=O) groups is 2. The topological polar surface area (TPSA) is 140 Å². The first-order chi connectivity index (χ1) is 26.7. The molecule has 3 fully saturated rings. The lowest BCUT2D eigenvalue weighted by Gasteiger charge is -2.37. The van der Waals surface area contributed by atoms with Gasteiger partial charge in [-0.15, -0.1) is 0 Å². The molecule has 55 heavy (non-hydrogen) atoms. The number of methoxy groups -OCH3 is 2. The van der Waals surface area contributed by atoms with E-state index in [-0.39, 0.29) is 42.2 Å². The third-order valence-electron chi connectivity index (χ3n) is 11.3. The number of imide groups is 1. The molecule has 292 valence electrons. The molecule has 0 unspecified atom stereocenters. The third kappa shape index (κ3) is 8.77. The number of aromatic nitrogens is 3. The predicted octanol–water partition coefficient (Wildman–Crippen LogP) is 3.41. The minimum atomic E-state index is -0.449. The Morgan fingerprint density at radius 1 is 0.818 bits per heavy atom. The van der Waals surface area contributed by atoms with E-state index in [1.165, 1.54) is 4.90 Å². The van der Waals surface area contributed by atoms with Crippen molar-refractivity contribution in [3.8, 4) is 22.6 Å². The Labute approximate surface area is 320 Å². The van der Waals surface area contributed by atoms with Crippen LogP contribution < -0.4 is 25.9 Å². The lowest BCUT2D eigenvalue weighted by molar-refractivity contribution is -0.121. The van der Waals surface area contributed by atoms with Gasteiger partial charge in [-0.25, -0.2) is 4.79 Å². The molecule has 0 aliphatic carbocycles. The standard InChI is InChI=1S/C41H51N7O7/c1-44-27-35(32-6-13-42-25-34(32)40(44)51)29-23-36(53-2)33(37(24-29)54-3)11-19-45-15-7-30(8-16-45)55-31-9-17-46(18-10-31)21-22-47-14-4-5-28(39(47)50)26-48-20-12-38(49)43-41(48)52/h4-6,13-14,23-25,27,30-31H,7-12,15-22,26H2,1-3H3,(H,43,49,52). The molecule has 3 saturated heterocycles. The van der Waals surface area contributed by atoms with Crippen LogP contribution in [0.25, 0.3) is 21.9 Å². The number of carbonyl (C=O) groups excluding carboxylic acids is 2. The number of fused-ring (bicyclic) bond motifs is 1. The molecule has 3 amide bonds. The highest BCUT2D eigenvalue weighted by Crippen LogP contribution is 2.37. The van der Waals surface area contributed by atoms with Crippen LogP contribution in [0.1, 0.15) is 43.2 Å². The van der Waals surface area contributed by atoms with Crippen molar-refractivity contribution >= 4 is 22.7 Å². The first kappa shape index (κ1) is 38.2. The molecule has 14 nitrogen and oxygen atoms in total. The van der Waals surface area contributed by atoms with Crippen molar-refractivity contribution in [1.29, 1.82) is 0 Å². The van der Waals surface area contributed by atoms with Gasteiger partial charge in [-0.3, -0.25) is 24.7 Å². The number of aryl methyl sites for hydroxylation is 1. The molecule has 0 spiro atoms. The fraction of sp³-hybridized carbons (Fsp3) is 0.488. The Kier molecular flexibility index (Phi) is 11.9. The van der Waals surface area contributed by atoms with Crippen LogP contribution in [0.2, 0.25) is 0 Å². The summed E-state index contributed by atoms with van der Waals surface area (Å²) in [6.45, 7) is 6.53. The molecule has 1 N–H and O–H groups in total. The Bertz CT molecular complexity index is 2110. The van der Waals surface area contributed by atoms with E-state index in [2.05, 4.69) is 20.1 Å². The van der Waals surface area contributed by atoms with E-state index in [1.54, 1.807) is 55.1 Å². The minimum Gasteiger partial charge on any atom is -0.496 e. The summed E-state index contributed by atoms with van der Waals surface area (Å²) in [6.07, 6.45) is 12.4. The SMILES string of the molecule is COc1cc(-c2cn(C)c(=O)c3cnccc23)cc(OC)c1CCN1CCC(OC2CCN(CCn3cccc(CN4CCC(=O)NC4=O)c3=O)CC2)CC1. The molecule has 7 rings (SSSR count). The zero-order valence-electron chi connectivity index (χ0n) is 32.0. The van der Waals surface area contributed by atoms with E-state index in [1.807, 2.05) is 30.5 Å². The Morgan fingerprint density at radius 3 is 2.15 bits per heavy atom. The highest BCUT2D eigenvalue weighted by Gasteiger charge is 2.27. The smallest absolute Gasteiger partial charge is 0.324 e. The Morgan fingerprint density at radius 2 is 1.49 bits per heavy atom. The number of pyridine rings is 3. The molecule has 3 aliphatic rings. The molecule has 3 aliphatic heterocycles. The maximum atomic E-state index is 13.1. The first-order valence-electron chi connectivity index (χ1n) is 19.3. The molecule has 0 bridgehead atoms. The van der Waals surface area contributed by atoms with Crippen molar-refractivity contribution in [3.63, 3.8) is 0 Å². The van der Waals surface area contributed by atoms with E-state index in [0.29, 0.717) is 24.0 Å². The van der Waals surface area contributed by atoms with E-state index in [4.69, 9.17) is 14.2 Å². The van der Waals surface area contributed by atoms with E-state index >= 15 is 0 Å². The van der Waals surface area contributed by atoms with Gasteiger partial charge in [0.25, 0.3) is 11.1 Å². The van der Waals surface area contributed by atoms with Gasteiger partial charge in [0.2, 0.25) is 5.91 Å². The van der Waals surface area contributed by atoms with Crippen molar-refractivity contribution in [1.82, 2.24) is 34.1 Å². The van der Waals surface area contributed by atoms with Gasteiger partial charge in [0.05, 0.1) is 38.4 Å². The van der Waals surface area contributed by atoms with Crippen LogP contribution in [-0.2, 0) is 36.1 Å². The number of ether oxygens (including phenoxy) is 3. The van der Waals surface area contributed by atoms with Gasteiger partial charge in [-0.2, -0.15) is 0 Å². The monoisotopic (exact) mass is 753 g/mol. The zero-order valence-corrected chi connectivity index (χ0v) is 32.0. The normalized spacial score (nSPS) is 17.8. The molecule has 4 aromatic rings. The van der Waals surface area contributed by atoms with Crippen LogP contribution in [0, 0.1) is 0 Å². The lowest BCUT2D eigenvalue weighted by atomic mass is 9.97. The number of piperidine rings is 2. The number of nitrogens with one attached hydrogen (secondary N) is 1. The molecule has 14 heteroatoms. The van der Waals surface area contributed by atoms with Crippen LogP contribution in [-0.4, -0.2) is 113 Å². The molecular formula is C41H51N7O7. The van der Waals surface area contributed by atoms with Gasteiger partial charge < -0.3 is 38.0 Å². The van der Waals surface area contributed by atoms with Gasteiger partial charge in [0.1, 0.15) is 11.5 Å². The van der Waals surface area contributed by atoms with Gasteiger partial charge >= 0.3 is 6.03 Å².